The first kappa shape index (κ1) is 24.0. The van der Waals surface area contributed by atoms with Crippen LogP contribution in [0.4, 0.5) is 4.39 Å². The van der Waals surface area contributed by atoms with Gasteiger partial charge in [0.05, 0.1) is 5.02 Å². The minimum Gasteiger partial charge on any atom is -0.481 e. The second kappa shape index (κ2) is 10.0. The number of rotatable bonds is 5. The van der Waals surface area contributed by atoms with Crippen molar-refractivity contribution in [3.8, 4) is 16.9 Å². The lowest BCUT2D eigenvalue weighted by Crippen LogP contribution is -2.53. The molecule has 178 valence electrons. The molecule has 0 bridgehead atoms. The molecule has 0 saturated carbocycles. The van der Waals surface area contributed by atoms with Crippen LogP contribution in [0.5, 0.6) is 5.75 Å². The van der Waals surface area contributed by atoms with Gasteiger partial charge in [0.2, 0.25) is 5.91 Å². The molecular formula is C24H21Cl2FN2O5. The molecule has 3 aromatic rings. The number of carbonyl (C=O) groups is 2. The molecular weight excluding hydrogens is 486 g/mol. The quantitative estimate of drug-likeness (QED) is 0.386. The molecule has 1 fully saturated rings. The van der Waals surface area contributed by atoms with E-state index in [2.05, 4.69) is 0 Å². The van der Waals surface area contributed by atoms with Gasteiger partial charge in [0, 0.05) is 54.8 Å². The van der Waals surface area contributed by atoms with Crippen molar-refractivity contribution in [1.29, 1.82) is 0 Å². The molecule has 1 aliphatic heterocycles. The highest BCUT2D eigenvalue weighted by Crippen LogP contribution is 2.34. The van der Waals surface area contributed by atoms with Gasteiger partial charge in [-0.25, -0.2) is 9.18 Å². The summed E-state index contributed by atoms with van der Waals surface area (Å²) in [4.78, 5) is 40.0. The Balaban J connectivity index is 1.53. The fourth-order valence-corrected chi connectivity index (χ4v) is 4.36. The van der Waals surface area contributed by atoms with Gasteiger partial charge in [-0.1, -0.05) is 11.6 Å². The van der Waals surface area contributed by atoms with Crippen molar-refractivity contribution in [2.75, 3.05) is 32.1 Å². The molecule has 1 aromatic heterocycles. The third kappa shape index (κ3) is 5.03. The molecule has 34 heavy (non-hydrogen) atoms. The van der Waals surface area contributed by atoms with Gasteiger partial charge in [-0.2, -0.15) is 0 Å². The number of amides is 2. The summed E-state index contributed by atoms with van der Waals surface area (Å²) in [6.07, 6.45) is -0.797. The maximum Gasteiger partial charge on any atom is 0.336 e. The van der Waals surface area contributed by atoms with E-state index in [1.54, 1.807) is 28.9 Å². The van der Waals surface area contributed by atoms with Crippen LogP contribution in [0.3, 0.4) is 0 Å². The number of halogens is 3. The minimum absolute atomic E-state index is 0.0827. The fourth-order valence-electron chi connectivity index (χ4n) is 3.92. The van der Waals surface area contributed by atoms with Gasteiger partial charge >= 0.3 is 5.63 Å². The summed E-state index contributed by atoms with van der Waals surface area (Å²) < 4.78 is 24.6. The first-order valence-corrected chi connectivity index (χ1v) is 11.5. The largest absolute Gasteiger partial charge is 0.481 e. The van der Waals surface area contributed by atoms with Crippen molar-refractivity contribution in [3.05, 3.63) is 63.7 Å². The van der Waals surface area contributed by atoms with Gasteiger partial charge in [-0.3, -0.25) is 9.59 Å². The van der Waals surface area contributed by atoms with E-state index in [1.807, 2.05) is 0 Å². The van der Waals surface area contributed by atoms with Crippen LogP contribution in [-0.2, 0) is 9.59 Å². The predicted octanol–water partition coefficient (Wildman–Crippen LogP) is 3.93. The third-order valence-electron chi connectivity index (χ3n) is 5.66. The minimum atomic E-state index is -0.797. The molecule has 0 spiro atoms. The van der Waals surface area contributed by atoms with E-state index >= 15 is 0 Å². The number of ether oxygens (including phenoxy) is 1. The van der Waals surface area contributed by atoms with Crippen LogP contribution in [0, 0.1) is 5.82 Å². The van der Waals surface area contributed by atoms with E-state index in [0.717, 1.165) is 0 Å². The second-order valence-electron chi connectivity index (χ2n) is 7.86. The van der Waals surface area contributed by atoms with E-state index in [9.17, 15) is 18.8 Å². The lowest BCUT2D eigenvalue weighted by Gasteiger charge is -2.35. The summed E-state index contributed by atoms with van der Waals surface area (Å²) in [5.41, 5.74) is 0.628. The molecule has 1 atom stereocenters. The Bertz CT molecular complexity index is 1300. The van der Waals surface area contributed by atoms with Crippen molar-refractivity contribution >= 4 is 46.0 Å². The molecule has 1 saturated heterocycles. The average Bonchev–Trinajstić information content (AvgIpc) is 2.82. The van der Waals surface area contributed by atoms with Crippen molar-refractivity contribution in [1.82, 2.24) is 9.80 Å². The zero-order valence-electron chi connectivity index (χ0n) is 18.2. The maximum atomic E-state index is 13.5. The monoisotopic (exact) mass is 506 g/mol. The average molecular weight is 507 g/mol. The highest BCUT2D eigenvalue weighted by molar-refractivity contribution is 6.33. The molecule has 0 radical (unpaired) electrons. The number of hydrogen-bond donors (Lipinski definition) is 0. The van der Waals surface area contributed by atoms with E-state index in [1.165, 1.54) is 30.3 Å². The highest BCUT2D eigenvalue weighted by Gasteiger charge is 2.27. The third-order valence-corrected chi connectivity index (χ3v) is 6.20. The van der Waals surface area contributed by atoms with Crippen molar-refractivity contribution in [2.45, 2.75) is 13.0 Å². The zero-order chi connectivity index (χ0) is 24.4. The van der Waals surface area contributed by atoms with Crippen LogP contribution in [-0.4, -0.2) is 59.8 Å². The van der Waals surface area contributed by atoms with Gasteiger partial charge in [0.15, 0.2) is 6.10 Å². The number of carbonyl (C=O) groups excluding carboxylic acids is 2. The van der Waals surface area contributed by atoms with Crippen LogP contribution >= 0.6 is 23.2 Å². The summed E-state index contributed by atoms with van der Waals surface area (Å²) in [6.45, 7) is 3.25. The molecule has 2 heterocycles. The Morgan fingerprint density at radius 2 is 1.76 bits per heavy atom. The number of hydrogen-bond acceptors (Lipinski definition) is 5. The van der Waals surface area contributed by atoms with Gasteiger partial charge in [0.1, 0.15) is 23.0 Å². The number of alkyl halides is 1. The normalized spacial score (nSPS) is 14.8. The smallest absolute Gasteiger partial charge is 0.336 e. The predicted molar refractivity (Wildman–Crippen MR) is 127 cm³/mol. The molecule has 0 aliphatic carbocycles. The Morgan fingerprint density at radius 1 is 1.06 bits per heavy atom. The van der Waals surface area contributed by atoms with Crippen LogP contribution in [0.1, 0.15) is 6.92 Å². The van der Waals surface area contributed by atoms with Crippen LogP contribution in [0.25, 0.3) is 22.1 Å². The number of benzene rings is 2. The maximum absolute atomic E-state index is 13.5. The Hall–Kier alpha value is -3.10. The summed E-state index contributed by atoms with van der Waals surface area (Å²) in [7, 11) is 0. The van der Waals surface area contributed by atoms with Gasteiger partial charge in [-0.05, 0) is 37.3 Å². The van der Waals surface area contributed by atoms with Crippen molar-refractivity contribution in [3.63, 3.8) is 0 Å². The standard InChI is InChI=1S/C24H21Cl2FN2O5/c1-14(24(32)29-8-6-28(7-9-29)22(30)13-25)33-16-3-5-18-19(12-23(31)34-21(18)11-16)17-4-2-15(27)10-20(17)26/h2-5,10-12,14H,6-9,13H2,1H3/t14-/m1/s1. The summed E-state index contributed by atoms with van der Waals surface area (Å²) in [5.74, 6) is -0.596. The fraction of sp³-hybridized carbons (Fsp3) is 0.292. The van der Waals surface area contributed by atoms with Gasteiger partial charge in [-0.15, -0.1) is 11.6 Å². The Labute approximate surface area is 204 Å². The summed E-state index contributed by atoms with van der Waals surface area (Å²) in [5, 5.41) is 0.749. The van der Waals surface area contributed by atoms with Crippen molar-refractivity contribution in [2.24, 2.45) is 0 Å². The van der Waals surface area contributed by atoms with Crippen LogP contribution < -0.4 is 10.4 Å². The Morgan fingerprint density at radius 3 is 2.44 bits per heavy atom. The molecule has 0 unspecified atom stereocenters. The first-order chi connectivity index (χ1) is 16.3. The second-order valence-corrected chi connectivity index (χ2v) is 8.54. The van der Waals surface area contributed by atoms with E-state index in [4.69, 9.17) is 32.4 Å². The molecule has 4 rings (SSSR count). The molecule has 10 heteroatoms. The number of nitrogens with zero attached hydrogens (tertiary/aromatic N) is 2. The first-order valence-electron chi connectivity index (χ1n) is 10.6. The lowest BCUT2D eigenvalue weighted by molar-refractivity contribution is -0.143. The lowest BCUT2D eigenvalue weighted by atomic mass is 10.0. The molecule has 0 N–H and O–H groups in total. The Kier molecular flexibility index (Phi) is 7.09. The SMILES string of the molecule is C[C@@H](Oc1ccc2c(-c3ccc(F)cc3Cl)cc(=O)oc2c1)C(=O)N1CCN(C(=O)CCl)CC1. The van der Waals surface area contributed by atoms with Gasteiger partial charge < -0.3 is 19.0 Å². The topological polar surface area (TPSA) is 80.1 Å². The number of fused-ring (bicyclic) bond motifs is 1. The van der Waals surface area contributed by atoms with Crippen molar-refractivity contribution < 1.29 is 23.1 Å². The van der Waals surface area contributed by atoms with E-state index in [0.29, 0.717) is 48.4 Å². The highest BCUT2D eigenvalue weighted by atomic mass is 35.5. The molecule has 2 aromatic carbocycles. The van der Waals surface area contributed by atoms with E-state index in [-0.39, 0.29) is 28.3 Å². The molecule has 1 aliphatic rings. The zero-order valence-corrected chi connectivity index (χ0v) is 19.7. The molecule has 2 amide bonds. The molecule has 7 nitrogen and oxygen atoms in total. The summed E-state index contributed by atoms with van der Waals surface area (Å²) >= 11 is 11.8. The number of piperazine rings is 1. The summed E-state index contributed by atoms with van der Waals surface area (Å²) in [6, 6.07) is 10.1. The van der Waals surface area contributed by atoms with Gasteiger partial charge in [0.25, 0.3) is 5.91 Å². The van der Waals surface area contributed by atoms with Crippen LogP contribution in [0.15, 0.2) is 51.7 Å². The van der Waals surface area contributed by atoms with Crippen LogP contribution in [0.2, 0.25) is 5.02 Å². The van der Waals surface area contributed by atoms with E-state index < -0.39 is 17.5 Å².